The molecule has 0 aliphatic carbocycles. The molecule has 0 fully saturated rings. The van der Waals surface area contributed by atoms with Crippen molar-refractivity contribution in [2.24, 2.45) is 0 Å². The Labute approximate surface area is 120 Å². The highest BCUT2D eigenvalue weighted by Gasteiger charge is 2.11. The minimum atomic E-state index is -0.795. The lowest BCUT2D eigenvalue weighted by Gasteiger charge is -2.08. The fraction of sp³-hybridized carbons (Fsp3) is 0.100. The van der Waals surface area contributed by atoms with Gasteiger partial charge < -0.3 is 10.1 Å². The monoisotopic (exact) mass is 350 g/mol. The molecule has 1 aromatic heterocycles. The van der Waals surface area contributed by atoms with Crippen LogP contribution >= 0.6 is 27.5 Å². The van der Waals surface area contributed by atoms with Crippen molar-refractivity contribution < 1.29 is 13.5 Å². The second-order valence-corrected chi connectivity index (χ2v) is 4.48. The second kappa shape index (κ2) is 5.62. The molecule has 0 aliphatic heterocycles. The third-order valence-electron chi connectivity index (χ3n) is 2.03. The Morgan fingerprint density at radius 3 is 2.63 bits per heavy atom. The average molecular weight is 352 g/mol. The summed E-state index contributed by atoms with van der Waals surface area (Å²) >= 11 is 8.60. The van der Waals surface area contributed by atoms with Gasteiger partial charge in [0.25, 0.3) is 0 Å². The van der Waals surface area contributed by atoms with Gasteiger partial charge in [-0.15, -0.1) is 0 Å². The van der Waals surface area contributed by atoms with Gasteiger partial charge in [-0.3, -0.25) is 0 Å². The van der Waals surface area contributed by atoms with E-state index >= 15 is 0 Å². The molecule has 2 aromatic rings. The van der Waals surface area contributed by atoms with Gasteiger partial charge in [0.05, 0.1) is 17.3 Å². The fourth-order valence-electron chi connectivity index (χ4n) is 1.22. The number of rotatable bonds is 3. The molecule has 0 amide bonds. The molecule has 0 unspecified atom stereocenters. The van der Waals surface area contributed by atoms with Gasteiger partial charge in [-0.2, -0.15) is 15.0 Å². The maximum atomic E-state index is 13.5. The van der Waals surface area contributed by atoms with Gasteiger partial charge in [0.15, 0.2) is 0 Å². The van der Waals surface area contributed by atoms with Crippen LogP contribution < -0.4 is 10.1 Å². The molecular formula is C10H6BrClF2N4O. The second-order valence-electron chi connectivity index (χ2n) is 3.29. The van der Waals surface area contributed by atoms with Crippen LogP contribution in [-0.2, 0) is 0 Å². The number of methoxy groups -OCH3 is 1. The van der Waals surface area contributed by atoms with Crippen molar-refractivity contribution in [1.82, 2.24) is 15.0 Å². The number of halogens is 4. The van der Waals surface area contributed by atoms with E-state index in [1.165, 1.54) is 13.2 Å². The predicted molar refractivity (Wildman–Crippen MR) is 68.7 cm³/mol. The topological polar surface area (TPSA) is 59.9 Å². The van der Waals surface area contributed by atoms with Gasteiger partial charge in [0.2, 0.25) is 11.2 Å². The zero-order valence-corrected chi connectivity index (χ0v) is 11.8. The van der Waals surface area contributed by atoms with E-state index in [0.29, 0.717) is 0 Å². The standard InChI is InChI=1S/C10H6BrClF2N4O/c1-19-10-17-8(12)16-9(18-10)15-7-2-4(11)5(13)3-6(7)14/h2-3H,1H3,(H,15,16,17,18). The minimum Gasteiger partial charge on any atom is -0.467 e. The lowest BCUT2D eigenvalue weighted by Crippen LogP contribution is -2.03. The van der Waals surface area contributed by atoms with Crippen LogP contribution in [0.25, 0.3) is 0 Å². The van der Waals surface area contributed by atoms with Gasteiger partial charge in [-0.1, -0.05) is 0 Å². The molecule has 5 nitrogen and oxygen atoms in total. The first-order valence-electron chi connectivity index (χ1n) is 4.86. The number of nitrogens with one attached hydrogen (secondary N) is 1. The number of anilines is 2. The Hall–Kier alpha value is -1.54. The van der Waals surface area contributed by atoms with Gasteiger partial charge in [0, 0.05) is 6.07 Å². The summed E-state index contributed by atoms with van der Waals surface area (Å²) in [5.41, 5.74) is -0.0161. The molecule has 0 saturated carbocycles. The van der Waals surface area contributed by atoms with Crippen molar-refractivity contribution in [1.29, 1.82) is 0 Å². The van der Waals surface area contributed by atoms with E-state index in [0.717, 1.165) is 6.07 Å². The van der Waals surface area contributed by atoms with E-state index in [9.17, 15) is 8.78 Å². The molecule has 0 bridgehead atoms. The normalized spacial score (nSPS) is 10.4. The molecule has 19 heavy (non-hydrogen) atoms. The molecule has 0 radical (unpaired) electrons. The summed E-state index contributed by atoms with van der Waals surface area (Å²) in [7, 11) is 1.35. The lowest BCUT2D eigenvalue weighted by molar-refractivity contribution is 0.379. The van der Waals surface area contributed by atoms with Gasteiger partial charge >= 0.3 is 6.01 Å². The van der Waals surface area contributed by atoms with E-state index in [1.807, 2.05) is 0 Å². The number of hydrogen-bond donors (Lipinski definition) is 1. The predicted octanol–water partition coefficient (Wildman–Crippen LogP) is 3.32. The minimum absolute atomic E-state index is 0.0161. The zero-order chi connectivity index (χ0) is 14.0. The third kappa shape index (κ3) is 3.27. The largest absolute Gasteiger partial charge is 0.467 e. The van der Waals surface area contributed by atoms with Crippen molar-refractivity contribution >= 4 is 39.2 Å². The summed E-state index contributed by atoms with van der Waals surface area (Å²) in [6.45, 7) is 0. The molecular weight excluding hydrogens is 345 g/mol. The summed E-state index contributed by atoms with van der Waals surface area (Å²) in [6.07, 6.45) is 0. The van der Waals surface area contributed by atoms with Crippen molar-refractivity contribution in [3.63, 3.8) is 0 Å². The van der Waals surface area contributed by atoms with Crippen LogP contribution in [0.4, 0.5) is 20.4 Å². The summed E-state index contributed by atoms with van der Waals surface area (Å²) in [5, 5.41) is 2.44. The quantitative estimate of drug-likeness (QED) is 0.860. The number of nitrogens with zero attached hydrogens (tertiary/aromatic N) is 3. The first kappa shape index (κ1) is 13.9. The molecule has 1 heterocycles. The number of ether oxygens (including phenoxy) is 1. The number of benzene rings is 1. The third-order valence-corrected chi connectivity index (χ3v) is 2.80. The van der Waals surface area contributed by atoms with E-state index in [4.69, 9.17) is 16.3 Å². The summed E-state index contributed by atoms with van der Waals surface area (Å²) in [4.78, 5) is 11.2. The molecule has 100 valence electrons. The van der Waals surface area contributed by atoms with Crippen LogP contribution in [0.3, 0.4) is 0 Å². The Balaban J connectivity index is 2.36. The smallest absolute Gasteiger partial charge is 0.322 e. The van der Waals surface area contributed by atoms with Gasteiger partial charge in [-0.25, -0.2) is 8.78 Å². The highest BCUT2D eigenvalue weighted by atomic mass is 79.9. The maximum absolute atomic E-state index is 13.5. The molecule has 9 heteroatoms. The first-order chi connectivity index (χ1) is 8.99. The Bertz CT molecular complexity index is 629. The van der Waals surface area contributed by atoms with E-state index < -0.39 is 11.6 Å². The molecule has 0 spiro atoms. The average Bonchev–Trinajstić information content (AvgIpc) is 2.35. The SMILES string of the molecule is COc1nc(Cl)nc(Nc2cc(Br)c(F)cc2F)n1. The lowest BCUT2D eigenvalue weighted by atomic mass is 10.3. The number of hydrogen-bond acceptors (Lipinski definition) is 5. The van der Waals surface area contributed by atoms with Gasteiger partial charge in [-0.05, 0) is 33.6 Å². The first-order valence-corrected chi connectivity index (χ1v) is 6.04. The van der Waals surface area contributed by atoms with Crippen LogP contribution in [0.2, 0.25) is 5.28 Å². The Morgan fingerprint density at radius 1 is 1.21 bits per heavy atom. The van der Waals surface area contributed by atoms with Crippen molar-refractivity contribution in [2.45, 2.75) is 0 Å². The molecule has 1 N–H and O–H groups in total. The molecule has 0 atom stereocenters. The van der Waals surface area contributed by atoms with Crippen LogP contribution in [0, 0.1) is 11.6 Å². The molecule has 0 aliphatic rings. The van der Waals surface area contributed by atoms with Crippen LogP contribution in [0.15, 0.2) is 16.6 Å². The molecule has 2 rings (SSSR count). The highest BCUT2D eigenvalue weighted by Crippen LogP contribution is 2.26. The summed E-state index contributed by atoms with van der Waals surface area (Å²) in [5.74, 6) is -1.53. The van der Waals surface area contributed by atoms with E-state index in [2.05, 4.69) is 36.2 Å². The highest BCUT2D eigenvalue weighted by molar-refractivity contribution is 9.10. The Kier molecular flexibility index (Phi) is 4.11. The van der Waals surface area contributed by atoms with E-state index in [-0.39, 0.29) is 27.4 Å². The van der Waals surface area contributed by atoms with Crippen molar-refractivity contribution in [3.05, 3.63) is 33.5 Å². The Morgan fingerprint density at radius 2 is 1.95 bits per heavy atom. The van der Waals surface area contributed by atoms with Crippen molar-refractivity contribution in [3.8, 4) is 6.01 Å². The fourth-order valence-corrected chi connectivity index (χ4v) is 1.71. The van der Waals surface area contributed by atoms with Crippen LogP contribution in [-0.4, -0.2) is 22.1 Å². The maximum Gasteiger partial charge on any atom is 0.322 e. The van der Waals surface area contributed by atoms with E-state index in [1.54, 1.807) is 0 Å². The van der Waals surface area contributed by atoms with Crippen LogP contribution in [0.5, 0.6) is 6.01 Å². The van der Waals surface area contributed by atoms with Gasteiger partial charge in [0.1, 0.15) is 11.6 Å². The zero-order valence-electron chi connectivity index (χ0n) is 9.42. The molecule has 0 saturated heterocycles. The summed E-state index contributed by atoms with van der Waals surface area (Å²) in [6, 6.07) is 1.92. The van der Waals surface area contributed by atoms with Crippen molar-refractivity contribution in [2.75, 3.05) is 12.4 Å². The number of aromatic nitrogens is 3. The van der Waals surface area contributed by atoms with Crippen LogP contribution in [0.1, 0.15) is 0 Å². The summed E-state index contributed by atoms with van der Waals surface area (Å²) < 4.78 is 31.5. The molecule has 1 aromatic carbocycles.